The lowest BCUT2D eigenvalue weighted by Crippen LogP contribution is -2.02. The van der Waals surface area contributed by atoms with Crippen molar-refractivity contribution in [3.63, 3.8) is 0 Å². The summed E-state index contributed by atoms with van der Waals surface area (Å²) in [4.78, 5) is 14.7. The van der Waals surface area contributed by atoms with Gasteiger partial charge in [-0.05, 0) is 48.0 Å². The molecule has 0 N–H and O–H groups in total. The largest absolute Gasteiger partial charge is 0.309 e. The molecule has 0 spiro atoms. The highest BCUT2D eigenvalue weighted by Crippen LogP contribution is 2.39. The molecule has 7 heteroatoms. The summed E-state index contributed by atoms with van der Waals surface area (Å²) >= 11 is 0. The minimum absolute atomic E-state index is 0.360. The molecule has 0 saturated heterocycles. The zero-order valence-corrected chi connectivity index (χ0v) is 25.3. The predicted molar refractivity (Wildman–Crippen MR) is 185 cm³/mol. The van der Waals surface area contributed by atoms with E-state index in [1.807, 2.05) is 114 Å². The smallest absolute Gasteiger partial charge is 0.164 e. The lowest BCUT2D eigenvalue weighted by Gasteiger charge is -2.16. The minimum Gasteiger partial charge on any atom is -0.309 e. The summed E-state index contributed by atoms with van der Waals surface area (Å²) in [5, 5.41) is 21.5. The maximum absolute atomic E-state index is 14.7. The maximum Gasteiger partial charge on any atom is 0.164 e. The van der Waals surface area contributed by atoms with Gasteiger partial charge in [0.2, 0.25) is 0 Å². The fourth-order valence-electron chi connectivity index (χ4n) is 6.11. The average Bonchev–Trinajstić information content (AvgIpc) is 3.47. The molecule has 0 fully saturated rings. The van der Waals surface area contributed by atoms with Crippen LogP contribution in [0.5, 0.6) is 0 Å². The second-order valence-corrected chi connectivity index (χ2v) is 11.3. The van der Waals surface area contributed by atoms with Crippen molar-refractivity contribution < 1.29 is 4.39 Å². The molecule has 8 rings (SSSR count). The standard InChI is InChI=1S/C41H23FN6/c42-32-13-7-12-30(22-32)33-19-16-31(41-46-39(28-8-3-1-4-9-28)45-40(47-41)29-10-5-2-6-11-29)23-38(33)48-36-20-26(24-43)14-17-34(36)35-18-15-27(25-44)21-37(35)48/h1-23H. The van der Waals surface area contributed by atoms with Gasteiger partial charge in [-0.25, -0.2) is 19.3 Å². The summed E-state index contributed by atoms with van der Waals surface area (Å²) in [7, 11) is 0. The summed E-state index contributed by atoms with van der Waals surface area (Å²) < 4.78 is 16.7. The number of hydrogen-bond donors (Lipinski definition) is 0. The fraction of sp³-hybridized carbons (Fsp3) is 0. The Bertz CT molecular complexity index is 2470. The van der Waals surface area contributed by atoms with Crippen molar-refractivity contribution >= 4 is 21.8 Å². The highest BCUT2D eigenvalue weighted by atomic mass is 19.1. The molecule has 0 amide bonds. The van der Waals surface area contributed by atoms with E-state index in [0.717, 1.165) is 38.5 Å². The molecule has 224 valence electrons. The molecule has 6 aromatic carbocycles. The van der Waals surface area contributed by atoms with E-state index >= 15 is 0 Å². The van der Waals surface area contributed by atoms with Crippen LogP contribution in [0, 0.1) is 28.5 Å². The third kappa shape index (κ3) is 5.02. The quantitative estimate of drug-likeness (QED) is 0.192. The van der Waals surface area contributed by atoms with Crippen LogP contribution in [-0.4, -0.2) is 19.5 Å². The first-order valence-electron chi connectivity index (χ1n) is 15.3. The number of rotatable bonds is 5. The molecule has 2 heterocycles. The normalized spacial score (nSPS) is 11.0. The maximum atomic E-state index is 14.7. The Morgan fingerprint density at radius 3 is 1.52 bits per heavy atom. The molecule has 0 aliphatic rings. The Labute approximate surface area is 275 Å². The Hall–Kier alpha value is -6.96. The van der Waals surface area contributed by atoms with Gasteiger partial charge in [0.05, 0.1) is 40.0 Å². The van der Waals surface area contributed by atoms with Gasteiger partial charge in [-0.1, -0.05) is 97.1 Å². The third-order valence-electron chi connectivity index (χ3n) is 8.36. The molecule has 8 aromatic rings. The first-order chi connectivity index (χ1) is 23.6. The van der Waals surface area contributed by atoms with Gasteiger partial charge >= 0.3 is 0 Å². The van der Waals surface area contributed by atoms with E-state index in [0.29, 0.717) is 45.4 Å². The molecule has 0 unspecified atom stereocenters. The van der Waals surface area contributed by atoms with E-state index in [2.05, 4.69) is 12.1 Å². The van der Waals surface area contributed by atoms with E-state index in [1.54, 1.807) is 18.2 Å². The molecule has 0 aliphatic heterocycles. The number of hydrogen-bond acceptors (Lipinski definition) is 5. The highest BCUT2D eigenvalue weighted by Gasteiger charge is 2.20. The van der Waals surface area contributed by atoms with E-state index in [9.17, 15) is 14.9 Å². The lowest BCUT2D eigenvalue weighted by atomic mass is 10.00. The summed E-state index contributed by atoms with van der Waals surface area (Å²) in [5.41, 5.74) is 7.10. The van der Waals surface area contributed by atoms with E-state index < -0.39 is 0 Å². The van der Waals surface area contributed by atoms with Crippen molar-refractivity contribution in [1.82, 2.24) is 19.5 Å². The van der Waals surface area contributed by atoms with Gasteiger partial charge in [-0.3, -0.25) is 0 Å². The van der Waals surface area contributed by atoms with Crippen molar-refractivity contribution in [3.8, 4) is 63.1 Å². The van der Waals surface area contributed by atoms with E-state index in [4.69, 9.17) is 15.0 Å². The van der Waals surface area contributed by atoms with Gasteiger partial charge in [-0.2, -0.15) is 10.5 Å². The van der Waals surface area contributed by atoms with Crippen LogP contribution in [-0.2, 0) is 0 Å². The van der Waals surface area contributed by atoms with Crippen LogP contribution in [0.2, 0.25) is 0 Å². The number of nitriles is 2. The van der Waals surface area contributed by atoms with Gasteiger partial charge in [0.1, 0.15) is 5.82 Å². The first-order valence-corrected chi connectivity index (χ1v) is 15.3. The number of benzene rings is 6. The van der Waals surface area contributed by atoms with E-state index in [-0.39, 0.29) is 5.82 Å². The molecule has 0 radical (unpaired) electrons. The monoisotopic (exact) mass is 618 g/mol. The molecule has 0 aliphatic carbocycles. The zero-order chi connectivity index (χ0) is 32.6. The Kier molecular flexibility index (Phi) is 6.98. The van der Waals surface area contributed by atoms with Crippen molar-refractivity contribution in [2.45, 2.75) is 0 Å². The van der Waals surface area contributed by atoms with Gasteiger partial charge < -0.3 is 4.57 Å². The van der Waals surface area contributed by atoms with E-state index in [1.165, 1.54) is 12.1 Å². The number of fused-ring (bicyclic) bond motifs is 3. The average molecular weight is 619 g/mol. The van der Waals surface area contributed by atoms with Crippen molar-refractivity contribution in [2.75, 3.05) is 0 Å². The predicted octanol–water partition coefficient (Wildman–Crippen LogP) is 9.52. The Morgan fingerprint density at radius 2 is 1.00 bits per heavy atom. The molecule has 0 bridgehead atoms. The summed E-state index contributed by atoms with van der Waals surface area (Å²) in [6, 6.07) is 47.4. The topological polar surface area (TPSA) is 91.2 Å². The summed E-state index contributed by atoms with van der Waals surface area (Å²) in [5.74, 6) is 1.17. The third-order valence-corrected chi connectivity index (χ3v) is 8.36. The van der Waals surface area contributed by atoms with Gasteiger partial charge in [0, 0.05) is 33.0 Å². The van der Waals surface area contributed by atoms with Gasteiger partial charge in [0.25, 0.3) is 0 Å². The molecular weight excluding hydrogens is 595 g/mol. The van der Waals surface area contributed by atoms with Crippen LogP contribution in [0.25, 0.3) is 72.8 Å². The van der Waals surface area contributed by atoms with Crippen molar-refractivity contribution in [1.29, 1.82) is 10.5 Å². The second-order valence-electron chi connectivity index (χ2n) is 11.3. The van der Waals surface area contributed by atoms with Gasteiger partial charge in [0.15, 0.2) is 17.5 Å². The van der Waals surface area contributed by atoms with Gasteiger partial charge in [-0.15, -0.1) is 0 Å². The molecule has 2 aromatic heterocycles. The van der Waals surface area contributed by atoms with Crippen molar-refractivity contribution in [2.24, 2.45) is 0 Å². The molecule has 6 nitrogen and oxygen atoms in total. The Morgan fingerprint density at radius 1 is 0.479 bits per heavy atom. The number of halogens is 1. The summed E-state index contributed by atoms with van der Waals surface area (Å²) in [6.45, 7) is 0. The highest BCUT2D eigenvalue weighted by molar-refractivity contribution is 6.10. The van der Waals surface area contributed by atoms with Crippen LogP contribution >= 0.6 is 0 Å². The number of aromatic nitrogens is 4. The molecule has 0 saturated carbocycles. The van der Waals surface area contributed by atoms with Crippen LogP contribution in [0.4, 0.5) is 4.39 Å². The Balaban J connectivity index is 1.45. The van der Waals surface area contributed by atoms with Crippen LogP contribution < -0.4 is 0 Å². The zero-order valence-electron chi connectivity index (χ0n) is 25.3. The van der Waals surface area contributed by atoms with Crippen LogP contribution in [0.15, 0.2) is 140 Å². The van der Waals surface area contributed by atoms with Crippen LogP contribution in [0.1, 0.15) is 11.1 Å². The fourth-order valence-corrected chi connectivity index (χ4v) is 6.11. The first kappa shape index (κ1) is 28.5. The minimum atomic E-state index is -0.360. The molecule has 48 heavy (non-hydrogen) atoms. The lowest BCUT2D eigenvalue weighted by molar-refractivity contribution is 0.628. The number of nitrogens with zero attached hydrogens (tertiary/aromatic N) is 6. The second kappa shape index (κ2) is 11.8. The molecular formula is C41H23FN6. The van der Waals surface area contributed by atoms with Crippen molar-refractivity contribution in [3.05, 3.63) is 156 Å². The SMILES string of the molecule is N#Cc1ccc2c3ccc(C#N)cc3n(-c3cc(-c4nc(-c5ccccc5)nc(-c5ccccc5)n4)ccc3-c3cccc(F)c3)c2c1. The molecule has 0 atom stereocenters. The summed E-state index contributed by atoms with van der Waals surface area (Å²) in [6.07, 6.45) is 0. The van der Waals surface area contributed by atoms with Crippen LogP contribution in [0.3, 0.4) is 0 Å².